The molecule has 0 aliphatic heterocycles. The highest BCUT2D eigenvalue weighted by molar-refractivity contribution is 9.10. The average molecular weight is 532 g/mol. The predicted octanol–water partition coefficient (Wildman–Crippen LogP) is 6.77. The molecule has 3 aromatic carbocycles. The van der Waals surface area contributed by atoms with Crippen LogP contribution < -0.4 is 5.56 Å². The fourth-order valence-corrected chi connectivity index (χ4v) is 5.03. The molecule has 0 aliphatic rings. The second kappa shape index (κ2) is 10.6. The number of fused-ring (bicyclic) bond motifs is 1. The minimum absolute atomic E-state index is 0.0745. The Kier molecular flexibility index (Phi) is 7.51. The molecule has 4 aromatic rings. The number of amides is 1. The van der Waals surface area contributed by atoms with Crippen LogP contribution in [0.4, 0.5) is 0 Å². The van der Waals surface area contributed by atoms with Crippen molar-refractivity contribution in [3.8, 4) is 5.69 Å². The van der Waals surface area contributed by atoms with Crippen molar-refractivity contribution in [1.82, 2.24) is 14.5 Å². The van der Waals surface area contributed by atoms with Crippen molar-refractivity contribution < 1.29 is 4.79 Å². The Labute approximate surface area is 214 Å². The van der Waals surface area contributed by atoms with E-state index in [2.05, 4.69) is 28.9 Å². The van der Waals surface area contributed by atoms with Crippen molar-refractivity contribution in [1.29, 1.82) is 0 Å². The first-order valence-electron chi connectivity index (χ1n) is 12.0. The van der Waals surface area contributed by atoms with Crippen LogP contribution in [0.2, 0.25) is 0 Å². The molecule has 1 atom stereocenters. The summed E-state index contributed by atoms with van der Waals surface area (Å²) in [5, 5.41) is 0.562. The van der Waals surface area contributed by atoms with Crippen LogP contribution in [0.5, 0.6) is 0 Å². The van der Waals surface area contributed by atoms with Crippen LogP contribution in [0.15, 0.2) is 76.0 Å². The molecular weight excluding hydrogens is 502 g/mol. The minimum Gasteiger partial charge on any atom is -0.328 e. The molecule has 0 radical (unpaired) electrons. The normalized spacial score (nSPS) is 12.0. The van der Waals surface area contributed by atoms with Crippen molar-refractivity contribution in [3.05, 3.63) is 104 Å². The Hall–Kier alpha value is -3.25. The van der Waals surface area contributed by atoms with Crippen molar-refractivity contribution in [2.75, 3.05) is 6.54 Å². The second-order valence-electron chi connectivity index (χ2n) is 8.85. The van der Waals surface area contributed by atoms with E-state index in [4.69, 9.17) is 4.98 Å². The molecule has 5 nitrogen and oxygen atoms in total. The molecule has 180 valence electrons. The number of carbonyl (C=O) groups is 1. The molecule has 0 spiro atoms. The summed E-state index contributed by atoms with van der Waals surface area (Å²) in [6.07, 6.45) is 1.41. The number of para-hydroxylation sites is 1. The summed E-state index contributed by atoms with van der Waals surface area (Å²) < 4.78 is 2.56. The zero-order valence-corrected chi connectivity index (χ0v) is 22.2. The van der Waals surface area contributed by atoms with Gasteiger partial charge < -0.3 is 4.90 Å². The fourth-order valence-electron chi connectivity index (χ4n) is 4.63. The van der Waals surface area contributed by atoms with Crippen LogP contribution in [0.25, 0.3) is 16.6 Å². The summed E-state index contributed by atoms with van der Waals surface area (Å²) in [4.78, 5) is 34.5. The van der Waals surface area contributed by atoms with Crippen molar-refractivity contribution >= 4 is 32.7 Å². The molecule has 1 aromatic heterocycles. The first-order chi connectivity index (χ1) is 16.8. The standard InChI is InChI=1S/C29H30BrN3O2/c1-5-16-32(28(34)21-10-9-11-22(30)18-21)25(6-2)27-31-24-13-8-7-12-23(24)29(35)33(27)26-15-14-19(3)17-20(26)4/h7-15,17-18,25H,5-6,16H2,1-4H3. The number of halogens is 1. The number of nitrogens with zero attached hydrogens (tertiary/aromatic N) is 3. The fraction of sp³-hybridized carbons (Fsp3) is 0.276. The summed E-state index contributed by atoms with van der Waals surface area (Å²) in [7, 11) is 0. The predicted molar refractivity (Wildman–Crippen MR) is 145 cm³/mol. The molecule has 0 saturated heterocycles. The molecule has 4 rings (SSSR count). The Balaban J connectivity index is 1.98. The van der Waals surface area contributed by atoms with Gasteiger partial charge in [-0.25, -0.2) is 4.98 Å². The highest BCUT2D eigenvalue weighted by Crippen LogP contribution is 2.29. The molecule has 0 bridgehead atoms. The number of aromatic nitrogens is 2. The summed E-state index contributed by atoms with van der Waals surface area (Å²) >= 11 is 3.48. The lowest BCUT2D eigenvalue weighted by atomic mass is 10.1. The van der Waals surface area contributed by atoms with Gasteiger partial charge in [-0.2, -0.15) is 0 Å². The van der Waals surface area contributed by atoms with E-state index in [9.17, 15) is 9.59 Å². The Bertz CT molecular complexity index is 1440. The van der Waals surface area contributed by atoms with Gasteiger partial charge in [0.05, 0.1) is 22.6 Å². The third-order valence-corrected chi connectivity index (χ3v) is 6.75. The molecular formula is C29H30BrN3O2. The van der Waals surface area contributed by atoms with E-state index >= 15 is 0 Å². The maximum atomic E-state index is 13.9. The maximum Gasteiger partial charge on any atom is 0.266 e. The first kappa shape index (κ1) is 24.9. The quantitative estimate of drug-likeness (QED) is 0.264. The molecule has 0 aliphatic carbocycles. The summed E-state index contributed by atoms with van der Waals surface area (Å²) in [6.45, 7) is 8.69. The van der Waals surface area contributed by atoms with E-state index in [0.29, 0.717) is 35.3 Å². The van der Waals surface area contributed by atoms with Crippen LogP contribution in [0, 0.1) is 13.8 Å². The third-order valence-electron chi connectivity index (χ3n) is 6.25. The topological polar surface area (TPSA) is 55.2 Å². The zero-order valence-electron chi connectivity index (χ0n) is 20.6. The number of rotatable bonds is 7. The van der Waals surface area contributed by atoms with Crippen LogP contribution in [-0.4, -0.2) is 26.9 Å². The van der Waals surface area contributed by atoms with E-state index in [1.54, 1.807) is 4.57 Å². The lowest BCUT2D eigenvalue weighted by molar-refractivity contribution is 0.0659. The highest BCUT2D eigenvalue weighted by atomic mass is 79.9. The van der Waals surface area contributed by atoms with Gasteiger partial charge in [-0.15, -0.1) is 0 Å². The Morgan fingerprint density at radius 3 is 2.49 bits per heavy atom. The molecule has 1 unspecified atom stereocenters. The van der Waals surface area contributed by atoms with Gasteiger partial charge in [-0.1, -0.05) is 65.7 Å². The largest absolute Gasteiger partial charge is 0.328 e. The first-order valence-corrected chi connectivity index (χ1v) is 12.8. The van der Waals surface area contributed by atoms with Gasteiger partial charge in [0.1, 0.15) is 5.82 Å². The Morgan fingerprint density at radius 2 is 1.80 bits per heavy atom. The smallest absolute Gasteiger partial charge is 0.266 e. The van der Waals surface area contributed by atoms with Crippen LogP contribution >= 0.6 is 15.9 Å². The minimum atomic E-state index is -0.376. The zero-order chi connectivity index (χ0) is 25.1. The molecule has 1 heterocycles. The van der Waals surface area contributed by atoms with Gasteiger partial charge in [0, 0.05) is 16.6 Å². The summed E-state index contributed by atoms with van der Waals surface area (Å²) in [5.74, 6) is 0.509. The van der Waals surface area contributed by atoms with Gasteiger partial charge in [-0.05, 0) is 68.7 Å². The van der Waals surface area contributed by atoms with Gasteiger partial charge in [0.25, 0.3) is 11.5 Å². The maximum absolute atomic E-state index is 13.9. The lowest BCUT2D eigenvalue weighted by Crippen LogP contribution is -2.39. The number of carbonyl (C=O) groups excluding carboxylic acids is 1. The average Bonchev–Trinajstić information content (AvgIpc) is 2.84. The number of hydrogen-bond acceptors (Lipinski definition) is 3. The van der Waals surface area contributed by atoms with Crippen molar-refractivity contribution in [3.63, 3.8) is 0 Å². The van der Waals surface area contributed by atoms with E-state index < -0.39 is 0 Å². The third kappa shape index (κ3) is 4.94. The van der Waals surface area contributed by atoms with Gasteiger partial charge >= 0.3 is 0 Å². The monoisotopic (exact) mass is 531 g/mol. The second-order valence-corrected chi connectivity index (χ2v) is 9.77. The van der Waals surface area contributed by atoms with Crippen molar-refractivity contribution in [2.45, 2.75) is 46.6 Å². The number of hydrogen-bond donors (Lipinski definition) is 0. The van der Waals surface area contributed by atoms with Crippen LogP contribution in [0.3, 0.4) is 0 Å². The summed E-state index contributed by atoms with van der Waals surface area (Å²) in [5.41, 5.74) is 4.02. The molecule has 0 saturated carbocycles. The van der Waals surface area contributed by atoms with E-state index in [-0.39, 0.29) is 17.5 Å². The van der Waals surface area contributed by atoms with Gasteiger partial charge in [-0.3, -0.25) is 14.2 Å². The SMILES string of the molecule is CCCN(C(=O)c1cccc(Br)c1)C(CC)c1nc2ccccc2c(=O)n1-c1ccc(C)cc1C. The van der Waals surface area contributed by atoms with Crippen LogP contribution in [0.1, 0.15) is 60.0 Å². The van der Waals surface area contributed by atoms with Gasteiger partial charge in [0.2, 0.25) is 0 Å². The van der Waals surface area contributed by atoms with E-state index in [1.807, 2.05) is 86.3 Å². The molecule has 1 amide bonds. The molecule has 6 heteroatoms. The highest BCUT2D eigenvalue weighted by Gasteiger charge is 2.29. The molecule has 0 N–H and O–H groups in total. The molecule has 35 heavy (non-hydrogen) atoms. The lowest BCUT2D eigenvalue weighted by Gasteiger charge is -2.32. The number of aryl methyl sites for hydroxylation is 2. The van der Waals surface area contributed by atoms with Crippen LogP contribution in [-0.2, 0) is 0 Å². The number of benzene rings is 3. The van der Waals surface area contributed by atoms with E-state index in [0.717, 1.165) is 27.7 Å². The van der Waals surface area contributed by atoms with E-state index in [1.165, 1.54) is 0 Å². The Morgan fingerprint density at radius 1 is 1.03 bits per heavy atom. The molecule has 0 fully saturated rings. The van der Waals surface area contributed by atoms with Crippen molar-refractivity contribution in [2.24, 2.45) is 0 Å². The summed E-state index contributed by atoms with van der Waals surface area (Å²) in [6, 6.07) is 20.5. The van der Waals surface area contributed by atoms with Gasteiger partial charge in [0.15, 0.2) is 0 Å².